The minimum Gasteiger partial charge on any atom is -0.381 e. The highest BCUT2D eigenvalue weighted by atomic mass is 16.5. The van der Waals surface area contributed by atoms with E-state index in [9.17, 15) is 4.79 Å². The molecule has 0 aliphatic carbocycles. The van der Waals surface area contributed by atoms with Crippen molar-refractivity contribution >= 4 is 34.7 Å². The lowest BCUT2D eigenvalue weighted by molar-refractivity contribution is 0.0662. The van der Waals surface area contributed by atoms with Crippen molar-refractivity contribution in [1.82, 2.24) is 19.7 Å². The second-order valence-electron chi connectivity index (χ2n) is 7.52. The molecule has 1 saturated heterocycles. The Labute approximate surface area is 174 Å². The summed E-state index contributed by atoms with van der Waals surface area (Å²) in [5, 5.41) is 7.72. The van der Waals surface area contributed by atoms with Crippen LogP contribution >= 0.6 is 0 Å². The summed E-state index contributed by atoms with van der Waals surface area (Å²) in [6.07, 6.45) is 7.34. The molecule has 0 spiro atoms. The average Bonchev–Trinajstić information content (AvgIpc) is 3.24. The Bertz CT molecular complexity index is 1090. The molecule has 2 aliphatic rings. The smallest absolute Gasteiger partial charge is 0.260 e. The van der Waals surface area contributed by atoms with Crippen LogP contribution in [0.5, 0.6) is 0 Å². The van der Waals surface area contributed by atoms with E-state index in [1.807, 2.05) is 47.1 Å². The molecule has 1 fully saturated rings. The van der Waals surface area contributed by atoms with Gasteiger partial charge in [0.1, 0.15) is 5.69 Å². The lowest BCUT2D eigenvalue weighted by Crippen LogP contribution is -2.25. The highest BCUT2D eigenvalue weighted by Crippen LogP contribution is 2.38. The summed E-state index contributed by atoms with van der Waals surface area (Å²) in [4.78, 5) is 25.5. The number of para-hydroxylation sites is 1. The number of aromatic nitrogens is 4. The van der Waals surface area contributed by atoms with Gasteiger partial charge >= 0.3 is 0 Å². The summed E-state index contributed by atoms with van der Waals surface area (Å²) in [5.41, 5.74) is 2.92. The van der Waals surface area contributed by atoms with Crippen molar-refractivity contribution in [1.29, 1.82) is 0 Å². The number of nitrogens with zero attached hydrogens (tertiary/aromatic N) is 6. The first kappa shape index (κ1) is 18.6. The van der Waals surface area contributed by atoms with Gasteiger partial charge in [-0.1, -0.05) is 12.1 Å². The Morgan fingerprint density at radius 1 is 1.07 bits per heavy atom. The molecule has 9 heteroatoms. The monoisotopic (exact) mass is 405 g/mol. The standard InChI is InChI=1S/C21H23N7O2/c1-26-17-6-4-3-5-16(17)20(29)27(2)18-12-22-21(25-19(18)26)24-14-11-23-28(13-14)15-7-9-30-10-8-15/h3-6,11-13,15H,7-10H2,1-2H3,(H,22,24,25). The number of hydrogen-bond donors (Lipinski definition) is 1. The van der Waals surface area contributed by atoms with Crippen molar-refractivity contribution in [2.75, 3.05) is 42.4 Å². The van der Waals surface area contributed by atoms with Gasteiger partial charge in [0.2, 0.25) is 5.95 Å². The van der Waals surface area contributed by atoms with Gasteiger partial charge in [-0.05, 0) is 25.0 Å². The van der Waals surface area contributed by atoms with Crippen LogP contribution in [-0.2, 0) is 4.74 Å². The van der Waals surface area contributed by atoms with Gasteiger partial charge in [-0.2, -0.15) is 10.1 Å². The molecule has 1 N–H and O–H groups in total. The number of rotatable bonds is 3. The molecule has 30 heavy (non-hydrogen) atoms. The molecule has 1 amide bonds. The fourth-order valence-electron chi connectivity index (χ4n) is 3.94. The van der Waals surface area contributed by atoms with Crippen LogP contribution in [0.3, 0.4) is 0 Å². The summed E-state index contributed by atoms with van der Waals surface area (Å²) in [5.74, 6) is 1.02. The minimum atomic E-state index is -0.0850. The second-order valence-corrected chi connectivity index (χ2v) is 7.52. The van der Waals surface area contributed by atoms with Gasteiger partial charge in [0, 0.05) is 33.5 Å². The molecule has 0 atom stereocenters. The molecule has 2 aliphatic heterocycles. The first-order valence-corrected chi connectivity index (χ1v) is 9.98. The van der Waals surface area contributed by atoms with Crippen LogP contribution in [0.1, 0.15) is 29.2 Å². The molecule has 4 heterocycles. The summed E-state index contributed by atoms with van der Waals surface area (Å²) in [6, 6.07) is 7.88. The number of ether oxygens (including phenoxy) is 1. The summed E-state index contributed by atoms with van der Waals surface area (Å²) in [7, 11) is 3.65. The Morgan fingerprint density at radius 3 is 2.70 bits per heavy atom. The maximum absolute atomic E-state index is 12.9. The van der Waals surface area contributed by atoms with Crippen molar-refractivity contribution in [2.24, 2.45) is 0 Å². The number of fused-ring (bicyclic) bond motifs is 2. The van der Waals surface area contributed by atoms with E-state index in [4.69, 9.17) is 9.72 Å². The second kappa shape index (κ2) is 7.42. The molecule has 0 radical (unpaired) electrons. The highest BCUT2D eigenvalue weighted by molar-refractivity contribution is 6.13. The van der Waals surface area contributed by atoms with Crippen LogP contribution in [-0.4, -0.2) is 53.0 Å². The zero-order chi connectivity index (χ0) is 20.7. The number of benzene rings is 1. The lowest BCUT2D eigenvalue weighted by Gasteiger charge is -2.22. The molecule has 0 saturated carbocycles. The third-order valence-corrected chi connectivity index (χ3v) is 5.65. The zero-order valence-electron chi connectivity index (χ0n) is 16.9. The largest absolute Gasteiger partial charge is 0.381 e. The Kier molecular flexibility index (Phi) is 4.59. The van der Waals surface area contributed by atoms with Gasteiger partial charge < -0.3 is 19.9 Å². The summed E-state index contributed by atoms with van der Waals surface area (Å²) < 4.78 is 7.40. The van der Waals surface area contributed by atoms with Gasteiger partial charge in [0.25, 0.3) is 5.91 Å². The molecule has 0 unspecified atom stereocenters. The van der Waals surface area contributed by atoms with Crippen LogP contribution in [0.4, 0.5) is 28.8 Å². The van der Waals surface area contributed by atoms with Crippen molar-refractivity contribution in [3.05, 3.63) is 48.4 Å². The normalized spacial score (nSPS) is 16.8. The Balaban J connectivity index is 1.45. The number of anilines is 5. The topological polar surface area (TPSA) is 88.4 Å². The summed E-state index contributed by atoms with van der Waals surface area (Å²) in [6.45, 7) is 1.53. The Hall–Kier alpha value is -3.46. The number of carbonyl (C=O) groups is 1. The molecule has 5 rings (SSSR count). The van der Waals surface area contributed by atoms with Gasteiger partial charge in [-0.3, -0.25) is 9.48 Å². The van der Waals surface area contributed by atoms with Crippen molar-refractivity contribution in [3.8, 4) is 0 Å². The fourth-order valence-corrected chi connectivity index (χ4v) is 3.94. The summed E-state index contributed by atoms with van der Waals surface area (Å²) >= 11 is 0. The first-order valence-electron chi connectivity index (χ1n) is 9.98. The van der Waals surface area contributed by atoms with Crippen molar-refractivity contribution in [2.45, 2.75) is 18.9 Å². The SMILES string of the molecule is CN1C(=O)c2ccccc2N(C)c2nc(Nc3cnn(C4CCOCC4)c3)ncc21. The minimum absolute atomic E-state index is 0.0850. The van der Waals surface area contributed by atoms with E-state index in [2.05, 4.69) is 15.4 Å². The number of nitrogens with one attached hydrogen (secondary N) is 1. The van der Waals surface area contributed by atoms with Crippen molar-refractivity contribution in [3.63, 3.8) is 0 Å². The van der Waals surface area contributed by atoms with Gasteiger partial charge in [-0.25, -0.2) is 4.98 Å². The Morgan fingerprint density at radius 2 is 1.87 bits per heavy atom. The van der Waals surface area contributed by atoms with E-state index >= 15 is 0 Å². The predicted octanol–water partition coefficient (Wildman–Crippen LogP) is 3.13. The quantitative estimate of drug-likeness (QED) is 0.716. The third kappa shape index (κ3) is 3.17. The van der Waals surface area contributed by atoms with E-state index in [0.717, 1.165) is 37.4 Å². The van der Waals surface area contributed by atoms with Gasteiger partial charge in [0.05, 0.1) is 35.4 Å². The number of amides is 1. The van der Waals surface area contributed by atoms with Gasteiger partial charge in [0.15, 0.2) is 5.82 Å². The molecule has 9 nitrogen and oxygen atoms in total. The number of carbonyl (C=O) groups excluding carboxylic acids is 1. The molecule has 2 aromatic heterocycles. The van der Waals surface area contributed by atoms with E-state index in [1.54, 1.807) is 24.3 Å². The fraction of sp³-hybridized carbons (Fsp3) is 0.333. The van der Waals surface area contributed by atoms with Crippen LogP contribution in [0.25, 0.3) is 0 Å². The van der Waals surface area contributed by atoms with E-state index in [-0.39, 0.29) is 5.91 Å². The molecule has 3 aromatic rings. The molecule has 1 aromatic carbocycles. The number of hydrogen-bond acceptors (Lipinski definition) is 7. The third-order valence-electron chi connectivity index (χ3n) is 5.65. The maximum atomic E-state index is 12.9. The van der Waals surface area contributed by atoms with Crippen LogP contribution in [0, 0.1) is 0 Å². The van der Waals surface area contributed by atoms with E-state index in [0.29, 0.717) is 29.1 Å². The lowest BCUT2D eigenvalue weighted by atomic mass is 10.1. The highest BCUT2D eigenvalue weighted by Gasteiger charge is 2.28. The predicted molar refractivity (Wildman–Crippen MR) is 114 cm³/mol. The first-order chi connectivity index (χ1) is 14.6. The van der Waals surface area contributed by atoms with Crippen LogP contribution in [0.2, 0.25) is 0 Å². The van der Waals surface area contributed by atoms with Crippen LogP contribution < -0.4 is 15.1 Å². The molecule has 0 bridgehead atoms. The average molecular weight is 405 g/mol. The zero-order valence-corrected chi connectivity index (χ0v) is 16.9. The van der Waals surface area contributed by atoms with Gasteiger partial charge in [-0.15, -0.1) is 0 Å². The van der Waals surface area contributed by atoms with Crippen molar-refractivity contribution < 1.29 is 9.53 Å². The van der Waals surface area contributed by atoms with E-state index < -0.39 is 0 Å². The molecule has 154 valence electrons. The maximum Gasteiger partial charge on any atom is 0.260 e. The van der Waals surface area contributed by atoms with Crippen LogP contribution in [0.15, 0.2) is 42.9 Å². The van der Waals surface area contributed by atoms with E-state index in [1.165, 1.54) is 0 Å². The molecular weight excluding hydrogens is 382 g/mol. The molecular formula is C21H23N7O2.